The van der Waals surface area contributed by atoms with Crippen molar-refractivity contribution >= 4 is 17.6 Å². The quantitative estimate of drug-likeness (QED) is 0.760. The van der Waals surface area contributed by atoms with Crippen molar-refractivity contribution in [3.05, 3.63) is 53.6 Å². The predicted molar refractivity (Wildman–Crippen MR) is 104 cm³/mol. The van der Waals surface area contributed by atoms with Crippen molar-refractivity contribution in [2.75, 3.05) is 25.2 Å². The molecule has 6 heteroatoms. The van der Waals surface area contributed by atoms with E-state index in [0.717, 1.165) is 5.69 Å². The number of carbonyl (C=O) groups excluding carboxylic acids is 1. The SMILES string of the molecule is CCOc1cc(C(=O)N(C)c2ccc(C(C)C)cc2)ccc1OCC(=O)O. The highest BCUT2D eigenvalue weighted by molar-refractivity contribution is 6.06. The summed E-state index contributed by atoms with van der Waals surface area (Å²) < 4.78 is 10.7. The van der Waals surface area contributed by atoms with Gasteiger partial charge in [0.1, 0.15) is 0 Å². The van der Waals surface area contributed by atoms with E-state index in [4.69, 9.17) is 14.6 Å². The van der Waals surface area contributed by atoms with Crippen molar-refractivity contribution in [2.24, 2.45) is 0 Å². The fraction of sp³-hybridized carbons (Fsp3) is 0.333. The molecule has 0 fully saturated rings. The number of nitrogens with zero attached hydrogens (tertiary/aromatic N) is 1. The summed E-state index contributed by atoms with van der Waals surface area (Å²) >= 11 is 0. The van der Waals surface area contributed by atoms with Crippen LogP contribution in [0.1, 0.15) is 42.6 Å². The van der Waals surface area contributed by atoms with Gasteiger partial charge in [-0.2, -0.15) is 0 Å². The molecule has 6 nitrogen and oxygen atoms in total. The lowest BCUT2D eigenvalue weighted by molar-refractivity contribution is -0.139. The van der Waals surface area contributed by atoms with Crippen LogP contribution in [0.25, 0.3) is 0 Å². The van der Waals surface area contributed by atoms with Crippen LogP contribution in [0.15, 0.2) is 42.5 Å². The van der Waals surface area contributed by atoms with Gasteiger partial charge in [0, 0.05) is 18.3 Å². The molecule has 1 N–H and O–H groups in total. The second-order valence-electron chi connectivity index (χ2n) is 6.39. The molecule has 0 unspecified atom stereocenters. The zero-order valence-corrected chi connectivity index (χ0v) is 16.1. The highest BCUT2D eigenvalue weighted by Crippen LogP contribution is 2.30. The molecule has 0 aromatic heterocycles. The van der Waals surface area contributed by atoms with Gasteiger partial charge in [-0.25, -0.2) is 4.79 Å². The van der Waals surface area contributed by atoms with Gasteiger partial charge in [-0.15, -0.1) is 0 Å². The minimum Gasteiger partial charge on any atom is -0.490 e. The van der Waals surface area contributed by atoms with Crippen LogP contribution in [0.5, 0.6) is 11.5 Å². The first-order chi connectivity index (χ1) is 12.8. The lowest BCUT2D eigenvalue weighted by atomic mass is 10.0. The van der Waals surface area contributed by atoms with Crippen LogP contribution in [0, 0.1) is 0 Å². The average Bonchev–Trinajstić information content (AvgIpc) is 2.66. The first kappa shape index (κ1) is 20.3. The molecule has 27 heavy (non-hydrogen) atoms. The van der Waals surface area contributed by atoms with Crippen molar-refractivity contribution < 1.29 is 24.2 Å². The van der Waals surface area contributed by atoms with Crippen molar-refractivity contribution in [3.8, 4) is 11.5 Å². The van der Waals surface area contributed by atoms with Crippen LogP contribution in [0.2, 0.25) is 0 Å². The molecule has 0 radical (unpaired) electrons. The topological polar surface area (TPSA) is 76.1 Å². The molecule has 1 amide bonds. The first-order valence-electron chi connectivity index (χ1n) is 8.83. The molecule has 0 saturated heterocycles. The third-order valence-electron chi connectivity index (χ3n) is 4.09. The highest BCUT2D eigenvalue weighted by atomic mass is 16.5. The molecule has 0 bridgehead atoms. The molecular formula is C21H25NO5. The molecule has 144 valence electrons. The van der Waals surface area contributed by atoms with E-state index < -0.39 is 12.6 Å². The molecule has 0 heterocycles. The second kappa shape index (κ2) is 9.07. The van der Waals surface area contributed by atoms with Gasteiger partial charge in [-0.1, -0.05) is 26.0 Å². The number of aliphatic carboxylic acids is 1. The number of benzene rings is 2. The van der Waals surface area contributed by atoms with Crippen LogP contribution in [-0.4, -0.2) is 37.2 Å². The maximum Gasteiger partial charge on any atom is 0.341 e. The maximum atomic E-state index is 12.8. The Balaban J connectivity index is 2.23. The summed E-state index contributed by atoms with van der Waals surface area (Å²) in [6.45, 7) is 5.93. The van der Waals surface area contributed by atoms with Gasteiger partial charge < -0.3 is 19.5 Å². The smallest absolute Gasteiger partial charge is 0.341 e. The molecule has 0 aliphatic carbocycles. The minimum absolute atomic E-state index is 0.196. The predicted octanol–water partition coefficient (Wildman–Crippen LogP) is 3.95. The van der Waals surface area contributed by atoms with E-state index >= 15 is 0 Å². The van der Waals surface area contributed by atoms with Gasteiger partial charge in [0.05, 0.1) is 6.61 Å². The highest BCUT2D eigenvalue weighted by Gasteiger charge is 2.17. The fourth-order valence-corrected chi connectivity index (χ4v) is 2.56. The largest absolute Gasteiger partial charge is 0.490 e. The number of carbonyl (C=O) groups is 2. The molecule has 0 saturated carbocycles. The van der Waals surface area contributed by atoms with Crippen molar-refractivity contribution in [1.29, 1.82) is 0 Å². The Morgan fingerprint density at radius 2 is 1.70 bits per heavy atom. The number of hydrogen-bond acceptors (Lipinski definition) is 4. The van der Waals surface area contributed by atoms with Gasteiger partial charge in [-0.3, -0.25) is 4.79 Å². The van der Waals surface area contributed by atoms with Crippen molar-refractivity contribution in [3.63, 3.8) is 0 Å². The van der Waals surface area contributed by atoms with Crippen LogP contribution >= 0.6 is 0 Å². The first-order valence-corrected chi connectivity index (χ1v) is 8.83. The second-order valence-corrected chi connectivity index (χ2v) is 6.39. The zero-order valence-electron chi connectivity index (χ0n) is 16.1. The lowest BCUT2D eigenvalue weighted by Gasteiger charge is -2.19. The Kier molecular flexibility index (Phi) is 6.82. The van der Waals surface area contributed by atoms with Gasteiger partial charge in [0.2, 0.25) is 0 Å². The normalized spacial score (nSPS) is 10.6. The van der Waals surface area contributed by atoms with Crippen LogP contribution < -0.4 is 14.4 Å². The Bertz CT molecular complexity index is 799. The standard InChI is InChI=1S/C21H25NO5/c1-5-26-19-12-16(8-11-18(19)27-13-20(23)24)21(25)22(4)17-9-6-15(7-10-17)14(2)3/h6-12,14H,5,13H2,1-4H3,(H,23,24). The van der Waals surface area contributed by atoms with Crippen molar-refractivity contribution in [2.45, 2.75) is 26.7 Å². The Labute approximate surface area is 159 Å². The van der Waals surface area contributed by atoms with E-state index in [1.165, 1.54) is 5.56 Å². The summed E-state index contributed by atoms with van der Waals surface area (Å²) in [5.41, 5.74) is 2.42. The molecule has 0 atom stereocenters. The van der Waals surface area contributed by atoms with Gasteiger partial charge >= 0.3 is 5.97 Å². The molecule has 2 aromatic rings. The molecule has 0 spiro atoms. The lowest BCUT2D eigenvalue weighted by Crippen LogP contribution is -2.26. The number of carboxylic acid groups (broad SMARTS) is 1. The van der Waals surface area contributed by atoms with E-state index in [9.17, 15) is 9.59 Å². The number of hydrogen-bond donors (Lipinski definition) is 1. The van der Waals surface area contributed by atoms with Gasteiger partial charge in [0.15, 0.2) is 18.1 Å². The molecular weight excluding hydrogens is 346 g/mol. The van der Waals surface area contributed by atoms with E-state index in [0.29, 0.717) is 29.6 Å². The number of amides is 1. The summed E-state index contributed by atoms with van der Waals surface area (Å²) in [7, 11) is 1.71. The molecule has 2 aromatic carbocycles. The molecule has 0 aliphatic heterocycles. The monoisotopic (exact) mass is 371 g/mol. The Morgan fingerprint density at radius 1 is 1.04 bits per heavy atom. The molecule has 2 rings (SSSR count). The van der Waals surface area contributed by atoms with Crippen LogP contribution in [0.3, 0.4) is 0 Å². The van der Waals surface area contributed by atoms with Gasteiger partial charge in [0.25, 0.3) is 5.91 Å². The Hall–Kier alpha value is -3.02. The van der Waals surface area contributed by atoms with Gasteiger partial charge in [-0.05, 0) is 48.7 Å². The van der Waals surface area contributed by atoms with Crippen LogP contribution in [-0.2, 0) is 4.79 Å². The third kappa shape index (κ3) is 5.23. The average molecular weight is 371 g/mol. The minimum atomic E-state index is -1.08. The fourth-order valence-electron chi connectivity index (χ4n) is 2.56. The summed E-state index contributed by atoms with van der Waals surface area (Å²) in [6, 6.07) is 12.6. The van der Waals surface area contributed by atoms with Crippen LogP contribution in [0.4, 0.5) is 5.69 Å². The van der Waals surface area contributed by atoms with E-state index in [2.05, 4.69) is 13.8 Å². The maximum absolute atomic E-state index is 12.8. The molecule has 0 aliphatic rings. The van der Waals surface area contributed by atoms with Crippen molar-refractivity contribution in [1.82, 2.24) is 0 Å². The Morgan fingerprint density at radius 3 is 2.26 bits per heavy atom. The number of ether oxygens (including phenoxy) is 2. The summed E-state index contributed by atoms with van der Waals surface area (Å²) in [6.07, 6.45) is 0. The summed E-state index contributed by atoms with van der Waals surface area (Å²) in [4.78, 5) is 25.1. The van der Waals surface area contributed by atoms with E-state index in [1.807, 2.05) is 24.3 Å². The summed E-state index contributed by atoms with van der Waals surface area (Å²) in [5, 5.41) is 8.76. The van der Waals surface area contributed by atoms with E-state index in [1.54, 1.807) is 37.1 Å². The number of carboxylic acids is 1. The number of rotatable bonds is 8. The third-order valence-corrected chi connectivity index (χ3v) is 4.09. The zero-order chi connectivity index (χ0) is 20.0. The van der Waals surface area contributed by atoms with E-state index in [-0.39, 0.29) is 5.91 Å². The summed E-state index contributed by atoms with van der Waals surface area (Å²) in [5.74, 6) is -0.222. The number of anilines is 1.